The van der Waals surface area contributed by atoms with E-state index in [9.17, 15) is 4.79 Å². The van der Waals surface area contributed by atoms with Gasteiger partial charge >= 0.3 is 0 Å². The van der Waals surface area contributed by atoms with E-state index in [0.29, 0.717) is 10.9 Å². The highest BCUT2D eigenvalue weighted by Crippen LogP contribution is 2.23. The molecule has 0 aliphatic rings. The second-order valence-corrected chi connectivity index (χ2v) is 6.17. The molecule has 0 aliphatic heterocycles. The molecule has 0 saturated heterocycles. The van der Waals surface area contributed by atoms with Crippen molar-refractivity contribution in [3.05, 3.63) is 29.8 Å². The van der Waals surface area contributed by atoms with Crippen molar-refractivity contribution in [1.29, 1.82) is 0 Å². The van der Waals surface area contributed by atoms with E-state index in [0.717, 1.165) is 9.90 Å². The lowest BCUT2D eigenvalue weighted by Gasteiger charge is -2.13. The van der Waals surface area contributed by atoms with Crippen molar-refractivity contribution in [2.45, 2.75) is 24.3 Å². The Kier molecular flexibility index (Phi) is 4.97. The average molecular weight is 309 g/mol. The molecule has 0 unspecified atom stereocenters. The van der Waals surface area contributed by atoms with Gasteiger partial charge in [0.1, 0.15) is 5.75 Å². The zero-order valence-electron chi connectivity index (χ0n) is 11.4. The molecule has 0 saturated carbocycles. The van der Waals surface area contributed by atoms with E-state index in [-0.39, 0.29) is 5.91 Å². The molecule has 1 N–H and O–H groups in total. The second-order valence-electron chi connectivity index (χ2n) is 4.14. The van der Waals surface area contributed by atoms with Gasteiger partial charge in [-0.1, -0.05) is 40.8 Å². The maximum absolute atomic E-state index is 12.0. The average Bonchev–Trinajstić information content (AvgIpc) is 2.89. The van der Waals surface area contributed by atoms with Gasteiger partial charge in [-0.15, -0.1) is 10.2 Å². The molecule has 20 heavy (non-hydrogen) atoms. The minimum absolute atomic E-state index is 0.241. The van der Waals surface area contributed by atoms with Crippen LogP contribution in [0, 0.1) is 6.92 Å². The number of ether oxygens (including phenoxy) is 1. The number of carbonyl (C=O) groups is 1. The van der Waals surface area contributed by atoms with Gasteiger partial charge in [0.15, 0.2) is 10.4 Å². The Hall–Kier alpha value is -1.60. The van der Waals surface area contributed by atoms with Crippen LogP contribution in [0.15, 0.2) is 28.6 Å². The number of rotatable bonds is 5. The number of carbonyl (C=O) groups excluding carboxylic acids is 1. The summed E-state index contributed by atoms with van der Waals surface area (Å²) in [5.74, 6) is 0.426. The lowest BCUT2D eigenvalue weighted by molar-refractivity contribution is -0.122. The number of thioether (sulfide) groups is 1. The van der Waals surface area contributed by atoms with Gasteiger partial charge in [0.25, 0.3) is 5.91 Å². The molecule has 5 nitrogen and oxygen atoms in total. The molecule has 0 aliphatic carbocycles. The van der Waals surface area contributed by atoms with Gasteiger partial charge in [-0.2, -0.15) is 0 Å². The Morgan fingerprint density at radius 2 is 2.05 bits per heavy atom. The lowest BCUT2D eigenvalue weighted by Crippen LogP contribution is -2.30. The summed E-state index contributed by atoms with van der Waals surface area (Å²) in [4.78, 5) is 12.0. The molecular weight excluding hydrogens is 294 g/mol. The summed E-state index contributed by atoms with van der Waals surface area (Å²) < 4.78 is 6.39. The van der Waals surface area contributed by atoms with Gasteiger partial charge in [0.05, 0.1) is 0 Å². The van der Waals surface area contributed by atoms with Crippen LogP contribution in [-0.4, -0.2) is 28.5 Å². The summed E-state index contributed by atoms with van der Waals surface area (Å²) in [5.41, 5.74) is 1.15. The molecule has 0 radical (unpaired) electrons. The molecule has 106 valence electrons. The smallest absolute Gasteiger partial charge is 0.266 e. The number of anilines is 1. The Labute approximate surface area is 125 Å². The number of nitrogens with zero attached hydrogens (tertiary/aromatic N) is 2. The summed E-state index contributed by atoms with van der Waals surface area (Å²) in [5, 5.41) is 11.0. The van der Waals surface area contributed by atoms with Gasteiger partial charge in [-0.25, -0.2) is 0 Å². The number of benzene rings is 1. The molecule has 7 heteroatoms. The van der Waals surface area contributed by atoms with Gasteiger partial charge < -0.3 is 4.74 Å². The fourth-order valence-electron chi connectivity index (χ4n) is 1.42. The lowest BCUT2D eigenvalue weighted by atomic mass is 10.2. The van der Waals surface area contributed by atoms with Crippen molar-refractivity contribution >= 4 is 34.1 Å². The first-order valence-electron chi connectivity index (χ1n) is 6.00. The van der Waals surface area contributed by atoms with Gasteiger partial charge in [0.2, 0.25) is 5.13 Å². The first-order chi connectivity index (χ1) is 9.58. The Bertz CT molecular complexity index is 584. The number of nitrogens with one attached hydrogen (secondary N) is 1. The van der Waals surface area contributed by atoms with Crippen molar-refractivity contribution in [2.75, 3.05) is 11.6 Å². The molecule has 1 aromatic carbocycles. The fraction of sp³-hybridized carbons (Fsp3) is 0.308. The highest BCUT2D eigenvalue weighted by Gasteiger charge is 2.16. The first kappa shape index (κ1) is 14.8. The summed E-state index contributed by atoms with van der Waals surface area (Å²) in [6, 6.07) is 7.57. The van der Waals surface area contributed by atoms with Crippen molar-refractivity contribution in [2.24, 2.45) is 0 Å². The van der Waals surface area contributed by atoms with Crippen LogP contribution in [0.4, 0.5) is 5.13 Å². The Morgan fingerprint density at radius 1 is 1.35 bits per heavy atom. The van der Waals surface area contributed by atoms with Crippen molar-refractivity contribution in [1.82, 2.24) is 10.2 Å². The van der Waals surface area contributed by atoms with Crippen LogP contribution < -0.4 is 10.1 Å². The molecule has 1 aromatic heterocycles. The highest BCUT2D eigenvalue weighted by atomic mass is 32.2. The van der Waals surface area contributed by atoms with E-state index >= 15 is 0 Å². The SMILES string of the molecule is CSc1nnc(NC(=O)[C@H](C)Oc2ccc(C)cc2)s1. The molecule has 1 atom stereocenters. The summed E-state index contributed by atoms with van der Waals surface area (Å²) in [6.07, 6.45) is 1.31. The van der Waals surface area contributed by atoms with E-state index < -0.39 is 6.10 Å². The largest absolute Gasteiger partial charge is 0.481 e. The third-order valence-corrected chi connectivity index (χ3v) is 4.33. The zero-order chi connectivity index (χ0) is 14.5. The molecule has 0 fully saturated rings. The Morgan fingerprint density at radius 3 is 2.65 bits per heavy atom. The number of aromatic nitrogens is 2. The molecule has 2 rings (SSSR count). The molecule has 1 heterocycles. The molecule has 0 bridgehead atoms. The highest BCUT2D eigenvalue weighted by molar-refractivity contribution is 8.00. The summed E-state index contributed by atoms with van der Waals surface area (Å²) in [6.45, 7) is 3.70. The third kappa shape index (κ3) is 3.94. The standard InChI is InChI=1S/C13H15N3O2S2/c1-8-4-6-10(7-5-8)18-9(2)11(17)14-12-15-16-13(19-3)20-12/h4-7,9H,1-3H3,(H,14,15,17)/t9-/m0/s1. The van der Waals surface area contributed by atoms with Gasteiger partial charge in [-0.3, -0.25) is 10.1 Å². The normalized spacial score (nSPS) is 11.9. The predicted molar refractivity (Wildman–Crippen MR) is 81.6 cm³/mol. The zero-order valence-corrected chi connectivity index (χ0v) is 13.0. The Balaban J connectivity index is 1.93. The minimum atomic E-state index is -0.598. The third-order valence-electron chi connectivity index (χ3n) is 2.51. The monoisotopic (exact) mass is 309 g/mol. The van der Waals surface area contributed by atoms with E-state index in [1.807, 2.05) is 37.4 Å². The fourth-order valence-corrected chi connectivity index (χ4v) is 2.60. The van der Waals surface area contributed by atoms with Crippen LogP contribution in [0.5, 0.6) is 5.75 Å². The summed E-state index contributed by atoms with van der Waals surface area (Å²) in [7, 11) is 0. The van der Waals surface area contributed by atoms with Crippen LogP contribution in [0.3, 0.4) is 0 Å². The maximum Gasteiger partial charge on any atom is 0.266 e. The quantitative estimate of drug-likeness (QED) is 0.679. The molecular formula is C13H15N3O2S2. The molecule has 1 amide bonds. The van der Waals surface area contributed by atoms with Crippen LogP contribution >= 0.6 is 23.1 Å². The minimum Gasteiger partial charge on any atom is -0.481 e. The van der Waals surface area contributed by atoms with Gasteiger partial charge in [-0.05, 0) is 32.2 Å². The molecule has 0 spiro atoms. The van der Waals surface area contributed by atoms with E-state index in [4.69, 9.17) is 4.74 Å². The predicted octanol–water partition coefficient (Wildman–Crippen LogP) is 2.97. The number of hydrogen-bond acceptors (Lipinski definition) is 6. The number of amides is 1. The van der Waals surface area contributed by atoms with E-state index in [2.05, 4.69) is 15.5 Å². The van der Waals surface area contributed by atoms with Crippen LogP contribution in [0.25, 0.3) is 0 Å². The first-order valence-corrected chi connectivity index (χ1v) is 8.04. The molecule has 2 aromatic rings. The van der Waals surface area contributed by atoms with Crippen LogP contribution in [0.2, 0.25) is 0 Å². The number of aryl methyl sites for hydroxylation is 1. The van der Waals surface area contributed by atoms with Crippen molar-refractivity contribution in [3.8, 4) is 5.75 Å². The van der Waals surface area contributed by atoms with Crippen molar-refractivity contribution in [3.63, 3.8) is 0 Å². The van der Waals surface area contributed by atoms with E-state index in [1.165, 1.54) is 23.1 Å². The van der Waals surface area contributed by atoms with E-state index in [1.54, 1.807) is 6.92 Å². The summed E-state index contributed by atoms with van der Waals surface area (Å²) >= 11 is 2.83. The topological polar surface area (TPSA) is 64.1 Å². The maximum atomic E-state index is 12.0. The van der Waals surface area contributed by atoms with Crippen LogP contribution in [0.1, 0.15) is 12.5 Å². The van der Waals surface area contributed by atoms with Crippen molar-refractivity contribution < 1.29 is 9.53 Å². The second kappa shape index (κ2) is 6.71. The van der Waals surface area contributed by atoms with Crippen LogP contribution in [-0.2, 0) is 4.79 Å². The number of hydrogen-bond donors (Lipinski definition) is 1. The van der Waals surface area contributed by atoms with Gasteiger partial charge in [0, 0.05) is 0 Å².